The Hall–Kier alpha value is -0.630. The molecule has 6 nitrogen and oxygen atoms in total. The number of aromatic nitrogens is 2. The zero-order valence-electron chi connectivity index (χ0n) is 11.5. The van der Waals surface area contributed by atoms with E-state index in [1.807, 2.05) is 0 Å². The van der Waals surface area contributed by atoms with Gasteiger partial charge in [0.1, 0.15) is 4.90 Å². The van der Waals surface area contributed by atoms with Gasteiger partial charge in [-0.1, -0.05) is 0 Å². The van der Waals surface area contributed by atoms with Crippen molar-refractivity contribution in [2.24, 2.45) is 0 Å². The number of alkyl halides is 1. The fourth-order valence-corrected chi connectivity index (χ4v) is 3.87. The lowest BCUT2D eigenvalue weighted by atomic mass is 10.1. The minimum absolute atomic E-state index is 0.0233. The van der Waals surface area contributed by atoms with Crippen molar-refractivity contribution in [1.82, 2.24) is 14.1 Å². The summed E-state index contributed by atoms with van der Waals surface area (Å²) in [5, 5.41) is 4.07. The molecule has 1 saturated heterocycles. The predicted molar refractivity (Wildman–Crippen MR) is 76.4 cm³/mol. The normalized spacial score (nSPS) is 21.2. The molecule has 0 N–H and O–H groups in total. The summed E-state index contributed by atoms with van der Waals surface area (Å²) in [6, 6.07) is 0. The first-order chi connectivity index (χ1) is 9.57. The summed E-state index contributed by atoms with van der Waals surface area (Å²) in [5.74, 6) is 0.531. The summed E-state index contributed by atoms with van der Waals surface area (Å²) in [6.07, 6.45) is 5.43. The van der Waals surface area contributed by atoms with Gasteiger partial charge in [0.05, 0.1) is 12.3 Å². The lowest BCUT2D eigenvalue weighted by Crippen LogP contribution is -2.42. The fraction of sp³-hybridized carbons (Fsp3) is 0.750. The van der Waals surface area contributed by atoms with Gasteiger partial charge in [-0.25, -0.2) is 8.42 Å². The van der Waals surface area contributed by atoms with Gasteiger partial charge in [0.25, 0.3) is 0 Å². The summed E-state index contributed by atoms with van der Waals surface area (Å²) < 4.78 is 33.4. The third-order valence-electron chi connectivity index (χ3n) is 3.44. The Balaban J connectivity index is 2.11. The minimum Gasteiger partial charge on any atom is -0.380 e. The van der Waals surface area contributed by atoms with Gasteiger partial charge in [0, 0.05) is 38.8 Å². The molecule has 1 aliphatic heterocycles. The molecule has 0 saturated carbocycles. The molecule has 1 unspecified atom stereocenters. The van der Waals surface area contributed by atoms with Crippen LogP contribution in [0.15, 0.2) is 17.3 Å². The van der Waals surface area contributed by atoms with Crippen molar-refractivity contribution in [3.8, 4) is 0 Å². The molecule has 2 rings (SSSR count). The highest BCUT2D eigenvalue weighted by Gasteiger charge is 2.31. The molecule has 8 heteroatoms. The first-order valence-corrected chi connectivity index (χ1v) is 8.66. The summed E-state index contributed by atoms with van der Waals surface area (Å²) in [4.78, 5) is 0.240. The number of hydrogen-bond donors (Lipinski definition) is 0. The van der Waals surface area contributed by atoms with Crippen LogP contribution in [0.1, 0.15) is 19.3 Å². The molecule has 1 aromatic rings. The van der Waals surface area contributed by atoms with Crippen LogP contribution >= 0.6 is 11.6 Å². The summed E-state index contributed by atoms with van der Waals surface area (Å²) >= 11 is 5.62. The van der Waals surface area contributed by atoms with Gasteiger partial charge in [0.2, 0.25) is 10.0 Å². The molecule has 0 bridgehead atoms. The molecular formula is C12H20ClN3O3S. The van der Waals surface area contributed by atoms with Crippen molar-refractivity contribution >= 4 is 21.6 Å². The van der Waals surface area contributed by atoms with Crippen LogP contribution in [0, 0.1) is 0 Å². The molecule has 114 valence electrons. The molecule has 1 atom stereocenters. The SMILES string of the molecule is COC1CCCN(S(=O)(=O)c2cnn(CCCCl)c2)C1. The lowest BCUT2D eigenvalue weighted by molar-refractivity contribution is 0.0572. The number of rotatable bonds is 6. The molecule has 0 spiro atoms. The van der Waals surface area contributed by atoms with Gasteiger partial charge in [-0.05, 0) is 19.3 Å². The van der Waals surface area contributed by atoms with E-state index in [0.29, 0.717) is 25.5 Å². The standard InChI is InChI=1S/C12H20ClN3O3S/c1-19-11-4-2-7-16(9-11)20(17,18)12-8-14-15(10-12)6-3-5-13/h8,10-11H,2-7,9H2,1H3. The smallest absolute Gasteiger partial charge is 0.246 e. The molecule has 0 aromatic carbocycles. The summed E-state index contributed by atoms with van der Waals surface area (Å²) in [7, 11) is -1.86. The van der Waals surface area contributed by atoms with Gasteiger partial charge in [-0.3, -0.25) is 4.68 Å². The zero-order valence-corrected chi connectivity index (χ0v) is 13.1. The van der Waals surface area contributed by atoms with Crippen LogP contribution < -0.4 is 0 Å². The monoisotopic (exact) mass is 321 g/mol. The maximum atomic E-state index is 12.5. The van der Waals surface area contributed by atoms with Crippen molar-refractivity contribution in [1.29, 1.82) is 0 Å². The average molecular weight is 322 g/mol. The number of piperidine rings is 1. The molecule has 1 aliphatic rings. The zero-order chi connectivity index (χ0) is 14.6. The lowest BCUT2D eigenvalue weighted by Gasteiger charge is -2.30. The summed E-state index contributed by atoms with van der Waals surface area (Å²) in [5.41, 5.74) is 0. The van der Waals surface area contributed by atoms with Crippen molar-refractivity contribution < 1.29 is 13.2 Å². The largest absolute Gasteiger partial charge is 0.380 e. The van der Waals surface area contributed by atoms with E-state index in [1.54, 1.807) is 18.0 Å². The van der Waals surface area contributed by atoms with Crippen LogP contribution in [0.2, 0.25) is 0 Å². The number of sulfonamides is 1. The predicted octanol–water partition coefficient (Wildman–Crippen LogP) is 1.31. The molecule has 2 heterocycles. The Labute approximate surface area is 124 Å². The minimum atomic E-state index is -3.47. The van der Waals surface area contributed by atoms with Crippen LogP contribution in [-0.4, -0.2) is 54.7 Å². The average Bonchev–Trinajstić information content (AvgIpc) is 2.94. The number of hydrogen-bond acceptors (Lipinski definition) is 4. The second kappa shape index (κ2) is 6.89. The molecule has 0 amide bonds. The van der Waals surface area contributed by atoms with Crippen molar-refractivity contribution in [2.45, 2.75) is 36.8 Å². The number of ether oxygens (including phenoxy) is 1. The van der Waals surface area contributed by atoms with Crippen molar-refractivity contribution in [3.63, 3.8) is 0 Å². The number of methoxy groups -OCH3 is 1. The third kappa shape index (κ3) is 3.52. The van der Waals surface area contributed by atoms with Gasteiger partial charge in [0.15, 0.2) is 0 Å². The van der Waals surface area contributed by atoms with Gasteiger partial charge in [-0.15, -0.1) is 11.6 Å². The van der Waals surface area contributed by atoms with E-state index >= 15 is 0 Å². The van der Waals surface area contributed by atoms with Crippen molar-refractivity contribution in [3.05, 3.63) is 12.4 Å². The maximum absolute atomic E-state index is 12.5. The topological polar surface area (TPSA) is 64.4 Å². The van der Waals surface area contributed by atoms with E-state index in [2.05, 4.69) is 5.10 Å². The Kier molecular flexibility index (Phi) is 5.42. The van der Waals surface area contributed by atoms with Crippen LogP contribution in [-0.2, 0) is 21.3 Å². The van der Waals surface area contributed by atoms with Gasteiger partial charge < -0.3 is 4.74 Å². The Morgan fingerprint density at radius 1 is 1.55 bits per heavy atom. The first kappa shape index (κ1) is 15.8. The number of nitrogens with zero attached hydrogens (tertiary/aromatic N) is 3. The van der Waals surface area contributed by atoms with E-state index < -0.39 is 10.0 Å². The highest BCUT2D eigenvalue weighted by atomic mass is 35.5. The molecule has 1 fully saturated rings. The van der Waals surface area contributed by atoms with Gasteiger partial charge in [-0.2, -0.15) is 9.40 Å². The Morgan fingerprint density at radius 3 is 3.05 bits per heavy atom. The highest BCUT2D eigenvalue weighted by Crippen LogP contribution is 2.21. The Bertz CT molecular complexity index is 532. The third-order valence-corrected chi connectivity index (χ3v) is 5.53. The fourth-order valence-electron chi connectivity index (χ4n) is 2.29. The number of halogens is 1. The van der Waals surface area contributed by atoms with E-state index in [4.69, 9.17) is 16.3 Å². The summed E-state index contributed by atoms with van der Waals surface area (Å²) in [6.45, 7) is 1.57. The van der Waals surface area contributed by atoms with E-state index in [9.17, 15) is 8.42 Å². The van der Waals surface area contributed by atoms with E-state index in [0.717, 1.165) is 19.3 Å². The molecular weight excluding hydrogens is 302 g/mol. The van der Waals surface area contributed by atoms with E-state index in [-0.39, 0.29) is 11.0 Å². The van der Waals surface area contributed by atoms with Crippen LogP contribution in [0.25, 0.3) is 0 Å². The second-order valence-electron chi connectivity index (χ2n) is 4.84. The molecule has 20 heavy (non-hydrogen) atoms. The van der Waals surface area contributed by atoms with Crippen LogP contribution in [0.5, 0.6) is 0 Å². The first-order valence-electron chi connectivity index (χ1n) is 6.69. The van der Waals surface area contributed by atoms with E-state index in [1.165, 1.54) is 10.5 Å². The second-order valence-corrected chi connectivity index (χ2v) is 7.16. The van der Waals surface area contributed by atoms with Crippen LogP contribution in [0.4, 0.5) is 0 Å². The van der Waals surface area contributed by atoms with Crippen LogP contribution in [0.3, 0.4) is 0 Å². The molecule has 0 radical (unpaired) electrons. The van der Waals surface area contributed by atoms with Crippen molar-refractivity contribution in [2.75, 3.05) is 26.1 Å². The highest BCUT2D eigenvalue weighted by molar-refractivity contribution is 7.89. The molecule has 1 aromatic heterocycles. The quantitative estimate of drug-likeness (QED) is 0.741. The maximum Gasteiger partial charge on any atom is 0.246 e. The number of aryl methyl sites for hydroxylation is 1. The Morgan fingerprint density at radius 2 is 2.35 bits per heavy atom. The van der Waals surface area contributed by atoms with Gasteiger partial charge >= 0.3 is 0 Å². The molecule has 0 aliphatic carbocycles.